The predicted octanol–water partition coefficient (Wildman–Crippen LogP) is 4.40. The van der Waals surface area contributed by atoms with Crippen molar-refractivity contribution in [3.63, 3.8) is 0 Å². The highest BCUT2D eigenvalue weighted by Gasteiger charge is 2.17. The maximum absolute atomic E-state index is 13.4. The van der Waals surface area contributed by atoms with Crippen LogP contribution < -0.4 is 5.73 Å². The molecule has 0 amide bonds. The molecule has 1 atom stereocenters. The highest BCUT2D eigenvalue weighted by atomic mass is 127. The van der Waals surface area contributed by atoms with E-state index in [-0.39, 0.29) is 11.9 Å². The van der Waals surface area contributed by atoms with Gasteiger partial charge < -0.3 is 5.73 Å². The lowest BCUT2D eigenvalue weighted by Gasteiger charge is -2.20. The van der Waals surface area contributed by atoms with Crippen LogP contribution in [0.5, 0.6) is 0 Å². The summed E-state index contributed by atoms with van der Waals surface area (Å²) in [5.41, 5.74) is 11.5. The Labute approximate surface area is 127 Å². The average Bonchev–Trinajstić information content (AvgIpc) is 2.31. The SMILES string of the molecule is Cc1cccc(C(N)c2c(C)cc(F)cc2C)c1I. The zero-order chi connectivity index (χ0) is 14.2. The zero-order valence-corrected chi connectivity index (χ0v) is 13.5. The quantitative estimate of drug-likeness (QED) is 0.780. The first-order valence-corrected chi connectivity index (χ1v) is 7.27. The van der Waals surface area contributed by atoms with E-state index in [0.29, 0.717) is 0 Å². The number of halogens is 2. The molecule has 0 radical (unpaired) electrons. The van der Waals surface area contributed by atoms with Crippen LogP contribution in [0.1, 0.15) is 33.9 Å². The van der Waals surface area contributed by atoms with Gasteiger partial charge in [0.25, 0.3) is 0 Å². The Morgan fingerprint density at radius 1 is 1.05 bits per heavy atom. The highest BCUT2D eigenvalue weighted by Crippen LogP contribution is 2.30. The molecule has 0 fully saturated rings. The normalized spacial score (nSPS) is 12.5. The first-order valence-electron chi connectivity index (χ1n) is 6.19. The molecule has 2 N–H and O–H groups in total. The lowest BCUT2D eigenvalue weighted by atomic mass is 9.91. The van der Waals surface area contributed by atoms with E-state index in [1.54, 1.807) is 12.1 Å². The molecule has 3 heteroatoms. The maximum Gasteiger partial charge on any atom is 0.123 e. The topological polar surface area (TPSA) is 26.0 Å². The average molecular weight is 369 g/mol. The van der Waals surface area contributed by atoms with Crippen molar-refractivity contribution in [2.75, 3.05) is 0 Å². The molecule has 0 aliphatic rings. The number of hydrogen-bond acceptors (Lipinski definition) is 1. The standard InChI is InChI=1S/C16H17FIN/c1-9-5-4-6-13(15(9)18)16(19)14-10(2)7-12(17)8-11(14)3/h4-8,16H,19H2,1-3H3. The molecule has 0 saturated carbocycles. The fraction of sp³-hybridized carbons (Fsp3) is 0.250. The van der Waals surface area contributed by atoms with Gasteiger partial charge in [0.15, 0.2) is 0 Å². The predicted molar refractivity (Wildman–Crippen MR) is 85.8 cm³/mol. The summed E-state index contributed by atoms with van der Waals surface area (Å²) in [6.45, 7) is 5.89. The Hall–Kier alpha value is -0.940. The van der Waals surface area contributed by atoms with Crippen LogP contribution >= 0.6 is 22.6 Å². The van der Waals surface area contributed by atoms with Gasteiger partial charge in [0.2, 0.25) is 0 Å². The molecule has 0 aliphatic heterocycles. The van der Waals surface area contributed by atoms with Crippen LogP contribution in [0.3, 0.4) is 0 Å². The molecule has 0 aromatic heterocycles. The van der Waals surface area contributed by atoms with Crippen LogP contribution in [0, 0.1) is 30.2 Å². The fourth-order valence-corrected chi connectivity index (χ4v) is 3.17. The van der Waals surface area contributed by atoms with Crippen LogP contribution in [0.25, 0.3) is 0 Å². The molecule has 1 unspecified atom stereocenters. The van der Waals surface area contributed by atoms with Gasteiger partial charge in [0, 0.05) is 3.57 Å². The van der Waals surface area contributed by atoms with Crippen molar-refractivity contribution >= 4 is 22.6 Å². The van der Waals surface area contributed by atoms with Crippen molar-refractivity contribution in [1.82, 2.24) is 0 Å². The molecule has 0 aliphatic carbocycles. The number of benzene rings is 2. The second-order valence-corrected chi connectivity index (χ2v) is 5.99. The second kappa shape index (κ2) is 5.59. The maximum atomic E-state index is 13.4. The largest absolute Gasteiger partial charge is 0.320 e. The van der Waals surface area contributed by atoms with Gasteiger partial charge in [0.05, 0.1) is 6.04 Å². The smallest absolute Gasteiger partial charge is 0.123 e. The molecule has 2 aromatic carbocycles. The summed E-state index contributed by atoms with van der Waals surface area (Å²) >= 11 is 2.32. The number of nitrogens with two attached hydrogens (primary N) is 1. The Morgan fingerprint density at radius 3 is 2.21 bits per heavy atom. The zero-order valence-electron chi connectivity index (χ0n) is 11.3. The van der Waals surface area contributed by atoms with E-state index in [2.05, 4.69) is 35.6 Å². The van der Waals surface area contributed by atoms with Gasteiger partial charge in [-0.05, 0) is 83.3 Å². The minimum Gasteiger partial charge on any atom is -0.320 e. The first-order chi connectivity index (χ1) is 8.91. The van der Waals surface area contributed by atoms with Crippen molar-refractivity contribution in [1.29, 1.82) is 0 Å². The van der Waals surface area contributed by atoms with Gasteiger partial charge in [-0.15, -0.1) is 0 Å². The van der Waals surface area contributed by atoms with Gasteiger partial charge in [-0.2, -0.15) is 0 Å². The molecule has 19 heavy (non-hydrogen) atoms. The second-order valence-electron chi connectivity index (χ2n) is 4.91. The van der Waals surface area contributed by atoms with Gasteiger partial charge >= 0.3 is 0 Å². The Morgan fingerprint density at radius 2 is 1.63 bits per heavy atom. The van der Waals surface area contributed by atoms with E-state index in [1.807, 2.05) is 26.0 Å². The van der Waals surface area contributed by atoms with Crippen LogP contribution in [-0.4, -0.2) is 0 Å². The molecular formula is C16H17FIN. The van der Waals surface area contributed by atoms with E-state index in [1.165, 1.54) is 9.13 Å². The monoisotopic (exact) mass is 369 g/mol. The summed E-state index contributed by atoms with van der Waals surface area (Å²) < 4.78 is 14.6. The summed E-state index contributed by atoms with van der Waals surface area (Å²) in [5.74, 6) is -0.204. The molecule has 1 nitrogen and oxygen atoms in total. The molecular weight excluding hydrogens is 352 g/mol. The summed E-state index contributed by atoms with van der Waals surface area (Å²) in [7, 11) is 0. The van der Waals surface area contributed by atoms with Crippen molar-refractivity contribution in [3.05, 3.63) is 67.5 Å². The van der Waals surface area contributed by atoms with E-state index in [9.17, 15) is 4.39 Å². The van der Waals surface area contributed by atoms with Crippen LogP contribution in [0.2, 0.25) is 0 Å². The van der Waals surface area contributed by atoms with Crippen LogP contribution in [0.15, 0.2) is 30.3 Å². The molecule has 100 valence electrons. The first kappa shape index (κ1) is 14.5. The molecule has 0 saturated heterocycles. The summed E-state index contributed by atoms with van der Waals surface area (Å²) in [4.78, 5) is 0. The Balaban J connectivity index is 2.56. The van der Waals surface area contributed by atoms with E-state index in [0.717, 1.165) is 22.3 Å². The fourth-order valence-electron chi connectivity index (χ4n) is 2.48. The highest BCUT2D eigenvalue weighted by molar-refractivity contribution is 14.1. The van der Waals surface area contributed by atoms with Crippen molar-refractivity contribution in [2.24, 2.45) is 5.73 Å². The summed E-state index contributed by atoms with van der Waals surface area (Å²) in [6.07, 6.45) is 0. The molecule has 0 bridgehead atoms. The van der Waals surface area contributed by atoms with E-state index in [4.69, 9.17) is 5.73 Å². The summed E-state index contributed by atoms with van der Waals surface area (Å²) in [6, 6.07) is 9.01. The lowest BCUT2D eigenvalue weighted by Crippen LogP contribution is -2.16. The van der Waals surface area contributed by atoms with Crippen molar-refractivity contribution < 1.29 is 4.39 Å². The Kier molecular flexibility index (Phi) is 4.26. The Bertz CT molecular complexity index is 599. The van der Waals surface area contributed by atoms with Gasteiger partial charge in [0.1, 0.15) is 5.82 Å². The minimum atomic E-state index is -0.215. The van der Waals surface area contributed by atoms with Gasteiger partial charge in [-0.3, -0.25) is 0 Å². The molecule has 0 heterocycles. The van der Waals surface area contributed by atoms with Gasteiger partial charge in [-0.25, -0.2) is 4.39 Å². The summed E-state index contributed by atoms with van der Waals surface area (Å²) in [5, 5.41) is 0. The van der Waals surface area contributed by atoms with Crippen molar-refractivity contribution in [3.8, 4) is 0 Å². The van der Waals surface area contributed by atoms with Crippen LogP contribution in [0.4, 0.5) is 4.39 Å². The van der Waals surface area contributed by atoms with Gasteiger partial charge in [-0.1, -0.05) is 18.2 Å². The van der Waals surface area contributed by atoms with Crippen molar-refractivity contribution in [2.45, 2.75) is 26.8 Å². The number of hydrogen-bond donors (Lipinski definition) is 1. The van der Waals surface area contributed by atoms with E-state index < -0.39 is 0 Å². The molecule has 0 spiro atoms. The third-order valence-corrected chi connectivity index (χ3v) is 4.90. The van der Waals surface area contributed by atoms with E-state index >= 15 is 0 Å². The minimum absolute atomic E-state index is 0.204. The third kappa shape index (κ3) is 2.82. The van der Waals surface area contributed by atoms with Crippen LogP contribution in [-0.2, 0) is 0 Å². The third-order valence-electron chi connectivity index (χ3n) is 3.43. The number of aryl methyl sites for hydroxylation is 3. The molecule has 2 rings (SSSR count). The molecule has 2 aromatic rings. The lowest BCUT2D eigenvalue weighted by molar-refractivity contribution is 0.623. The number of rotatable bonds is 2.